The molecule has 2 aliphatic heterocycles. The van der Waals surface area contributed by atoms with E-state index in [4.69, 9.17) is 4.74 Å². The number of sulfone groups is 1. The molecule has 3 fully saturated rings. The molecule has 0 bridgehead atoms. The zero-order valence-electron chi connectivity index (χ0n) is 25.9. The van der Waals surface area contributed by atoms with Crippen molar-refractivity contribution in [2.75, 3.05) is 44.7 Å². The SMILES string of the molecule is COC(=O)N[C@@H]1CCC[C@H]1C(C)(c1ccccc1)C1CCN(CC2CN(c3ccc(S(=O)(=O)c4ccccc4)cc3)C2)CC1. The van der Waals surface area contributed by atoms with Crippen molar-refractivity contribution in [1.82, 2.24) is 10.2 Å². The number of ether oxygens (including phenoxy) is 1. The Hall–Kier alpha value is -3.36. The predicted octanol–water partition coefficient (Wildman–Crippen LogP) is 6.15. The van der Waals surface area contributed by atoms with E-state index in [2.05, 4.69) is 52.4 Å². The van der Waals surface area contributed by atoms with Crippen LogP contribution in [0, 0.1) is 17.8 Å². The molecule has 8 heteroatoms. The van der Waals surface area contributed by atoms with Crippen molar-refractivity contribution in [3.63, 3.8) is 0 Å². The molecule has 3 aromatic carbocycles. The number of piperidine rings is 1. The quantitative estimate of drug-likeness (QED) is 0.311. The average Bonchev–Trinajstić information content (AvgIpc) is 3.52. The lowest BCUT2D eigenvalue weighted by Crippen LogP contribution is -2.54. The Labute approximate surface area is 262 Å². The number of carbonyl (C=O) groups excluding carboxylic acids is 1. The summed E-state index contributed by atoms with van der Waals surface area (Å²) in [5.41, 5.74) is 2.46. The average molecular weight is 616 g/mol. The highest BCUT2D eigenvalue weighted by molar-refractivity contribution is 7.91. The smallest absolute Gasteiger partial charge is 0.407 e. The van der Waals surface area contributed by atoms with Gasteiger partial charge in [-0.3, -0.25) is 0 Å². The summed E-state index contributed by atoms with van der Waals surface area (Å²) >= 11 is 0. The first-order valence-corrected chi connectivity index (χ1v) is 17.5. The van der Waals surface area contributed by atoms with Crippen molar-refractivity contribution in [2.45, 2.75) is 60.3 Å². The van der Waals surface area contributed by atoms with Crippen LogP contribution in [0.3, 0.4) is 0 Å². The second kappa shape index (κ2) is 12.9. The Bertz CT molecular complexity index is 1500. The fourth-order valence-corrected chi connectivity index (χ4v) is 9.44. The second-order valence-electron chi connectivity index (χ2n) is 13.1. The van der Waals surface area contributed by atoms with Crippen LogP contribution in [0.25, 0.3) is 0 Å². The molecule has 1 N–H and O–H groups in total. The third kappa shape index (κ3) is 6.11. The third-order valence-corrected chi connectivity index (χ3v) is 12.4. The maximum absolute atomic E-state index is 12.9. The number of alkyl carbamates (subject to hydrolysis) is 1. The highest BCUT2D eigenvalue weighted by Crippen LogP contribution is 2.50. The van der Waals surface area contributed by atoms with E-state index in [-0.39, 0.29) is 17.6 Å². The third-order valence-electron chi connectivity index (χ3n) is 10.6. The Balaban J connectivity index is 1.04. The summed E-state index contributed by atoms with van der Waals surface area (Å²) in [6.45, 7) is 7.73. The van der Waals surface area contributed by atoms with E-state index in [0.29, 0.717) is 27.5 Å². The molecular weight excluding hydrogens is 570 g/mol. The first-order valence-electron chi connectivity index (χ1n) is 16.1. The van der Waals surface area contributed by atoms with Crippen LogP contribution in [0.5, 0.6) is 0 Å². The first-order chi connectivity index (χ1) is 21.3. The minimum Gasteiger partial charge on any atom is -0.453 e. The topological polar surface area (TPSA) is 79.0 Å². The fraction of sp³-hybridized carbons (Fsp3) is 0.472. The number of nitrogens with zero attached hydrogens (tertiary/aromatic N) is 2. The molecule has 1 amide bonds. The number of rotatable bonds is 9. The maximum Gasteiger partial charge on any atom is 0.407 e. The molecule has 44 heavy (non-hydrogen) atoms. The lowest BCUT2D eigenvalue weighted by Gasteiger charge is -2.49. The largest absolute Gasteiger partial charge is 0.453 e. The van der Waals surface area contributed by atoms with Crippen LogP contribution < -0.4 is 10.2 Å². The van der Waals surface area contributed by atoms with E-state index in [1.54, 1.807) is 36.4 Å². The molecule has 1 unspecified atom stereocenters. The molecule has 3 aliphatic rings. The number of carbonyl (C=O) groups is 1. The van der Waals surface area contributed by atoms with Crippen LogP contribution in [0.15, 0.2) is 94.7 Å². The number of amides is 1. The Kier molecular flexibility index (Phi) is 9.01. The molecule has 7 nitrogen and oxygen atoms in total. The van der Waals surface area contributed by atoms with E-state index in [9.17, 15) is 13.2 Å². The van der Waals surface area contributed by atoms with Crippen molar-refractivity contribution >= 4 is 21.6 Å². The van der Waals surface area contributed by atoms with Crippen LogP contribution in [-0.4, -0.2) is 65.3 Å². The molecule has 2 saturated heterocycles. The van der Waals surface area contributed by atoms with Crippen molar-refractivity contribution in [3.05, 3.63) is 90.5 Å². The molecule has 2 heterocycles. The van der Waals surface area contributed by atoms with Gasteiger partial charge in [0.2, 0.25) is 9.84 Å². The summed E-state index contributed by atoms with van der Waals surface area (Å²) in [4.78, 5) is 17.8. The maximum atomic E-state index is 12.9. The number of likely N-dealkylation sites (tertiary alicyclic amines) is 1. The van der Waals surface area contributed by atoms with Gasteiger partial charge in [0.15, 0.2) is 0 Å². The van der Waals surface area contributed by atoms with E-state index in [1.165, 1.54) is 12.7 Å². The summed E-state index contributed by atoms with van der Waals surface area (Å²) in [7, 11) is -2.05. The summed E-state index contributed by atoms with van der Waals surface area (Å²) in [6.07, 6.45) is 5.24. The number of hydrogen-bond acceptors (Lipinski definition) is 6. The van der Waals surface area contributed by atoms with Gasteiger partial charge < -0.3 is 19.9 Å². The summed E-state index contributed by atoms with van der Waals surface area (Å²) in [5, 5.41) is 3.17. The monoisotopic (exact) mass is 615 g/mol. The molecular formula is C36H45N3O4S. The highest BCUT2D eigenvalue weighted by atomic mass is 32.2. The van der Waals surface area contributed by atoms with Gasteiger partial charge in [0.25, 0.3) is 0 Å². The summed E-state index contributed by atoms with van der Waals surface area (Å²) < 4.78 is 30.9. The minimum absolute atomic E-state index is 0.0110. The van der Waals surface area contributed by atoms with Crippen LogP contribution in [0.2, 0.25) is 0 Å². The molecule has 0 spiro atoms. The summed E-state index contributed by atoms with van der Waals surface area (Å²) in [5.74, 6) is 1.55. The number of anilines is 1. The van der Waals surface area contributed by atoms with Crippen LogP contribution in [0.1, 0.15) is 44.6 Å². The van der Waals surface area contributed by atoms with Crippen LogP contribution in [0.4, 0.5) is 10.5 Å². The van der Waals surface area contributed by atoms with Crippen molar-refractivity contribution in [1.29, 1.82) is 0 Å². The normalized spacial score (nSPS) is 23.1. The minimum atomic E-state index is -3.50. The van der Waals surface area contributed by atoms with Gasteiger partial charge in [0, 0.05) is 42.7 Å². The standard InChI is InChI=1S/C36H45N3O4S/c1-36(28-10-5-3-6-11-28,33-14-9-15-34(33)37-35(40)43-2)29-20-22-38(23-21-29)24-27-25-39(26-27)30-16-18-32(19-17-30)44(41,42)31-12-7-4-8-13-31/h3-8,10-13,16-19,27,29,33-34H,9,14-15,20-26H2,1-2H3,(H,37,40)/t33-,34-,36?/m1/s1. The molecule has 3 aromatic rings. The van der Waals surface area contributed by atoms with Crippen LogP contribution >= 0.6 is 0 Å². The molecule has 234 valence electrons. The lowest BCUT2D eigenvalue weighted by atomic mass is 9.59. The van der Waals surface area contributed by atoms with E-state index in [0.717, 1.165) is 70.5 Å². The molecule has 1 aliphatic carbocycles. The van der Waals surface area contributed by atoms with Gasteiger partial charge in [-0.25, -0.2) is 13.2 Å². The van der Waals surface area contributed by atoms with Gasteiger partial charge in [0.1, 0.15) is 0 Å². The molecule has 0 radical (unpaired) electrons. The van der Waals surface area contributed by atoms with Gasteiger partial charge in [0.05, 0.1) is 16.9 Å². The number of hydrogen-bond donors (Lipinski definition) is 1. The highest BCUT2D eigenvalue weighted by Gasteiger charge is 2.49. The predicted molar refractivity (Wildman–Crippen MR) is 174 cm³/mol. The number of methoxy groups -OCH3 is 1. The Morgan fingerprint density at radius 1 is 0.864 bits per heavy atom. The zero-order chi connectivity index (χ0) is 30.7. The Morgan fingerprint density at radius 3 is 2.11 bits per heavy atom. The van der Waals surface area contributed by atoms with E-state index in [1.807, 2.05) is 18.2 Å². The number of nitrogens with one attached hydrogen (secondary N) is 1. The van der Waals surface area contributed by atoms with E-state index >= 15 is 0 Å². The van der Waals surface area contributed by atoms with Gasteiger partial charge >= 0.3 is 6.09 Å². The van der Waals surface area contributed by atoms with Crippen LogP contribution in [-0.2, 0) is 20.0 Å². The second-order valence-corrected chi connectivity index (χ2v) is 15.0. The Morgan fingerprint density at radius 2 is 1.48 bits per heavy atom. The lowest BCUT2D eigenvalue weighted by molar-refractivity contribution is 0.0764. The van der Waals surface area contributed by atoms with Gasteiger partial charge in [-0.05, 0) is 92.6 Å². The van der Waals surface area contributed by atoms with Gasteiger partial charge in [-0.1, -0.05) is 61.9 Å². The van der Waals surface area contributed by atoms with E-state index < -0.39 is 9.84 Å². The zero-order valence-corrected chi connectivity index (χ0v) is 26.7. The van der Waals surface area contributed by atoms with Crippen molar-refractivity contribution < 1.29 is 17.9 Å². The molecule has 6 rings (SSSR count). The van der Waals surface area contributed by atoms with Gasteiger partial charge in [-0.15, -0.1) is 0 Å². The van der Waals surface area contributed by atoms with Crippen molar-refractivity contribution in [3.8, 4) is 0 Å². The molecule has 1 saturated carbocycles. The molecule has 3 atom stereocenters. The van der Waals surface area contributed by atoms with Crippen molar-refractivity contribution in [2.24, 2.45) is 17.8 Å². The number of benzene rings is 3. The first kappa shape index (κ1) is 30.7. The molecule has 0 aromatic heterocycles. The summed E-state index contributed by atoms with van der Waals surface area (Å²) in [6, 6.07) is 27.0. The fourth-order valence-electron chi connectivity index (χ4n) is 8.16. The van der Waals surface area contributed by atoms with Gasteiger partial charge in [-0.2, -0.15) is 0 Å².